The maximum absolute atomic E-state index is 12.6. The van der Waals surface area contributed by atoms with Crippen LogP contribution in [0.2, 0.25) is 0 Å². The van der Waals surface area contributed by atoms with Crippen LogP contribution in [0.3, 0.4) is 0 Å². The van der Waals surface area contributed by atoms with Gasteiger partial charge in [-0.1, -0.05) is 0 Å². The molecule has 1 aromatic carbocycles. The van der Waals surface area contributed by atoms with Crippen molar-refractivity contribution in [2.24, 2.45) is 0 Å². The highest BCUT2D eigenvalue weighted by Gasteiger charge is 2.27. The van der Waals surface area contributed by atoms with E-state index < -0.39 is 10.0 Å². The van der Waals surface area contributed by atoms with Gasteiger partial charge < -0.3 is 4.74 Å². The maximum atomic E-state index is 12.6. The molecule has 1 fully saturated rings. The van der Waals surface area contributed by atoms with Crippen LogP contribution >= 0.6 is 0 Å². The Morgan fingerprint density at radius 3 is 2.79 bits per heavy atom. The van der Waals surface area contributed by atoms with Gasteiger partial charge in [0.2, 0.25) is 10.0 Å². The molecule has 2 aliphatic rings. The van der Waals surface area contributed by atoms with Gasteiger partial charge in [-0.25, -0.2) is 22.8 Å². The van der Waals surface area contributed by atoms with Crippen LogP contribution in [-0.4, -0.2) is 35.8 Å². The number of ether oxygens (including phenoxy) is 1. The molecule has 7 nitrogen and oxygen atoms in total. The molecule has 128 valence electrons. The summed E-state index contributed by atoms with van der Waals surface area (Å²) in [6.45, 7) is 0.624. The van der Waals surface area contributed by atoms with Crippen LogP contribution in [-0.2, 0) is 16.4 Å². The lowest BCUT2D eigenvalue weighted by molar-refractivity contribution is 0.293. The number of fused-ring (bicyclic) bond motifs is 1. The molecule has 24 heavy (non-hydrogen) atoms. The Balaban J connectivity index is 1.42. The summed E-state index contributed by atoms with van der Waals surface area (Å²) in [5, 5.41) is 4.18. The van der Waals surface area contributed by atoms with E-state index in [0.29, 0.717) is 17.5 Å². The SMILES string of the molecule is O=S(=O)(NC1CCC(n2cncn2)CC1)c1ccc2c(c1)CCO2. The zero-order chi connectivity index (χ0) is 16.6. The Bertz CT molecular complexity index is 812. The molecule has 1 N–H and O–H groups in total. The molecule has 0 spiro atoms. The number of nitrogens with zero attached hydrogens (tertiary/aromatic N) is 3. The molecule has 0 atom stereocenters. The molecule has 2 aromatic rings. The third-order valence-corrected chi connectivity index (χ3v) is 6.32. The summed E-state index contributed by atoms with van der Waals surface area (Å²) in [4.78, 5) is 4.30. The van der Waals surface area contributed by atoms with Crippen molar-refractivity contribution in [1.29, 1.82) is 0 Å². The van der Waals surface area contributed by atoms with Crippen LogP contribution in [0, 0.1) is 0 Å². The van der Waals surface area contributed by atoms with Gasteiger partial charge in [0.25, 0.3) is 0 Å². The van der Waals surface area contributed by atoms with E-state index in [1.165, 1.54) is 6.33 Å². The molecular formula is C16H20N4O3S. The molecule has 1 aliphatic heterocycles. The van der Waals surface area contributed by atoms with Gasteiger partial charge in [0.15, 0.2) is 0 Å². The minimum atomic E-state index is -3.49. The van der Waals surface area contributed by atoms with Crippen LogP contribution in [0.4, 0.5) is 0 Å². The number of hydrogen-bond donors (Lipinski definition) is 1. The fraction of sp³-hybridized carbons (Fsp3) is 0.500. The summed E-state index contributed by atoms with van der Waals surface area (Å²) in [5.41, 5.74) is 0.966. The van der Waals surface area contributed by atoms with Gasteiger partial charge in [-0.15, -0.1) is 0 Å². The van der Waals surface area contributed by atoms with Gasteiger partial charge in [-0.05, 0) is 49.4 Å². The van der Waals surface area contributed by atoms with E-state index in [1.807, 2.05) is 4.68 Å². The summed E-state index contributed by atoms with van der Waals surface area (Å²) in [6, 6.07) is 5.38. The number of aromatic nitrogens is 3. The van der Waals surface area contributed by atoms with Crippen LogP contribution in [0.15, 0.2) is 35.7 Å². The van der Waals surface area contributed by atoms with Crippen LogP contribution in [0.1, 0.15) is 37.3 Å². The maximum Gasteiger partial charge on any atom is 0.240 e. The van der Waals surface area contributed by atoms with E-state index in [1.54, 1.807) is 24.5 Å². The molecule has 8 heteroatoms. The van der Waals surface area contributed by atoms with Gasteiger partial charge in [-0.2, -0.15) is 5.10 Å². The Labute approximate surface area is 141 Å². The van der Waals surface area contributed by atoms with Gasteiger partial charge in [0.1, 0.15) is 18.4 Å². The van der Waals surface area contributed by atoms with Gasteiger partial charge >= 0.3 is 0 Å². The molecule has 0 unspecified atom stereocenters. The molecule has 1 aliphatic carbocycles. The molecule has 4 rings (SSSR count). The highest BCUT2D eigenvalue weighted by atomic mass is 32.2. The lowest BCUT2D eigenvalue weighted by atomic mass is 9.92. The van der Waals surface area contributed by atoms with Gasteiger partial charge in [-0.3, -0.25) is 0 Å². The highest BCUT2D eigenvalue weighted by Crippen LogP contribution is 2.30. The summed E-state index contributed by atoms with van der Waals surface area (Å²) in [6.07, 6.45) is 7.43. The third kappa shape index (κ3) is 3.03. The summed E-state index contributed by atoms with van der Waals surface area (Å²) in [7, 11) is -3.49. The minimum Gasteiger partial charge on any atom is -0.493 e. The number of nitrogens with one attached hydrogen (secondary N) is 1. The number of rotatable bonds is 4. The lowest BCUT2D eigenvalue weighted by Gasteiger charge is -2.28. The normalized spacial score (nSPS) is 23.7. The second-order valence-corrected chi connectivity index (χ2v) is 8.08. The van der Waals surface area contributed by atoms with Crippen molar-refractivity contribution in [2.75, 3.05) is 6.61 Å². The van der Waals surface area contributed by atoms with Crippen molar-refractivity contribution in [3.63, 3.8) is 0 Å². The fourth-order valence-corrected chi connectivity index (χ4v) is 4.84. The second-order valence-electron chi connectivity index (χ2n) is 6.37. The predicted octanol–water partition coefficient (Wildman–Crippen LogP) is 1.68. The Kier molecular flexibility index (Phi) is 4.01. The van der Waals surface area contributed by atoms with Crippen LogP contribution < -0.4 is 9.46 Å². The first kappa shape index (κ1) is 15.6. The van der Waals surface area contributed by atoms with Crippen molar-refractivity contribution in [1.82, 2.24) is 19.5 Å². The fourth-order valence-electron chi connectivity index (χ4n) is 3.48. The second kappa shape index (κ2) is 6.18. The lowest BCUT2D eigenvalue weighted by Crippen LogP contribution is -2.38. The number of sulfonamides is 1. The third-order valence-electron chi connectivity index (χ3n) is 4.80. The molecule has 0 amide bonds. The largest absolute Gasteiger partial charge is 0.493 e. The van der Waals surface area contributed by atoms with E-state index in [0.717, 1.165) is 43.4 Å². The summed E-state index contributed by atoms with van der Waals surface area (Å²) < 4.78 is 35.4. The van der Waals surface area contributed by atoms with E-state index in [-0.39, 0.29) is 6.04 Å². The quantitative estimate of drug-likeness (QED) is 0.908. The van der Waals surface area contributed by atoms with E-state index >= 15 is 0 Å². The first-order valence-corrected chi connectivity index (χ1v) is 9.72. The van der Waals surface area contributed by atoms with E-state index in [2.05, 4.69) is 14.8 Å². The first-order chi connectivity index (χ1) is 11.6. The zero-order valence-electron chi connectivity index (χ0n) is 13.3. The molecule has 2 heterocycles. The Morgan fingerprint density at radius 2 is 2.04 bits per heavy atom. The molecule has 1 aromatic heterocycles. The van der Waals surface area contributed by atoms with Crippen molar-refractivity contribution >= 4 is 10.0 Å². The van der Waals surface area contributed by atoms with E-state index in [4.69, 9.17) is 4.74 Å². The topological polar surface area (TPSA) is 86.1 Å². The van der Waals surface area contributed by atoms with Crippen molar-refractivity contribution < 1.29 is 13.2 Å². The van der Waals surface area contributed by atoms with Gasteiger partial charge in [0, 0.05) is 12.5 Å². The van der Waals surface area contributed by atoms with Crippen molar-refractivity contribution in [3.8, 4) is 5.75 Å². The van der Waals surface area contributed by atoms with Crippen molar-refractivity contribution in [3.05, 3.63) is 36.4 Å². The monoisotopic (exact) mass is 348 g/mol. The average molecular weight is 348 g/mol. The zero-order valence-corrected chi connectivity index (χ0v) is 14.1. The van der Waals surface area contributed by atoms with Crippen LogP contribution in [0.25, 0.3) is 0 Å². The van der Waals surface area contributed by atoms with Crippen LogP contribution in [0.5, 0.6) is 5.75 Å². The number of benzene rings is 1. The highest BCUT2D eigenvalue weighted by molar-refractivity contribution is 7.89. The van der Waals surface area contributed by atoms with E-state index in [9.17, 15) is 8.42 Å². The molecule has 0 bridgehead atoms. The molecule has 0 saturated heterocycles. The molecule has 1 saturated carbocycles. The Morgan fingerprint density at radius 1 is 1.21 bits per heavy atom. The number of hydrogen-bond acceptors (Lipinski definition) is 5. The van der Waals surface area contributed by atoms with Gasteiger partial charge in [0.05, 0.1) is 17.5 Å². The Hall–Kier alpha value is -1.93. The standard InChI is InChI=1S/C16H20N4O3S/c21-24(22,15-5-6-16-12(9-15)7-8-23-16)19-13-1-3-14(4-2-13)20-11-17-10-18-20/h5-6,9-11,13-14,19H,1-4,7-8H2. The smallest absolute Gasteiger partial charge is 0.240 e. The summed E-state index contributed by atoms with van der Waals surface area (Å²) in [5.74, 6) is 0.794. The summed E-state index contributed by atoms with van der Waals surface area (Å²) >= 11 is 0. The first-order valence-electron chi connectivity index (χ1n) is 8.24. The molecule has 0 radical (unpaired) electrons. The molecular weight excluding hydrogens is 328 g/mol. The minimum absolute atomic E-state index is 0.0284. The average Bonchev–Trinajstić information content (AvgIpc) is 3.26. The predicted molar refractivity (Wildman–Crippen MR) is 87.3 cm³/mol. The van der Waals surface area contributed by atoms with Crippen molar-refractivity contribution in [2.45, 2.75) is 49.1 Å².